The van der Waals surface area contributed by atoms with Gasteiger partial charge in [0.15, 0.2) is 0 Å². The van der Waals surface area contributed by atoms with Crippen molar-refractivity contribution in [3.05, 3.63) is 68.7 Å². The summed E-state index contributed by atoms with van der Waals surface area (Å²) in [6.07, 6.45) is 1.20. The van der Waals surface area contributed by atoms with E-state index in [0.29, 0.717) is 29.6 Å². The minimum absolute atomic E-state index is 0.0428. The number of benzene rings is 2. The number of aliphatic carboxylic acids is 1. The second-order valence-corrected chi connectivity index (χ2v) is 9.62. The van der Waals surface area contributed by atoms with E-state index in [0.717, 1.165) is 35.2 Å². The Balaban J connectivity index is 1.59. The van der Waals surface area contributed by atoms with Crippen LogP contribution >= 0.6 is 23.2 Å². The number of carbonyl (C=O) groups is 2. The zero-order valence-electron chi connectivity index (χ0n) is 18.8. The first-order valence-electron chi connectivity index (χ1n) is 10.9. The lowest BCUT2D eigenvalue weighted by Gasteiger charge is -2.44. The molecule has 1 fully saturated rings. The normalized spacial score (nSPS) is 19.2. The number of halogens is 2. The van der Waals surface area contributed by atoms with Crippen molar-refractivity contribution in [1.29, 1.82) is 0 Å². The summed E-state index contributed by atoms with van der Waals surface area (Å²) < 4.78 is 0. The maximum atomic E-state index is 12.9. The van der Waals surface area contributed by atoms with Gasteiger partial charge in [-0.05, 0) is 56.0 Å². The zero-order chi connectivity index (χ0) is 23.4. The first-order chi connectivity index (χ1) is 15.1. The van der Waals surface area contributed by atoms with Crippen LogP contribution < -0.4 is 0 Å². The molecule has 1 aliphatic heterocycles. The molecular formula is C25H30Cl2N2O3. The van der Waals surface area contributed by atoms with Gasteiger partial charge in [0.2, 0.25) is 5.91 Å². The molecule has 32 heavy (non-hydrogen) atoms. The van der Waals surface area contributed by atoms with Gasteiger partial charge < -0.3 is 10.0 Å². The average molecular weight is 477 g/mol. The Hall–Kier alpha value is -2.08. The molecule has 1 amide bonds. The van der Waals surface area contributed by atoms with Gasteiger partial charge in [0.05, 0.1) is 22.9 Å². The van der Waals surface area contributed by atoms with E-state index >= 15 is 0 Å². The van der Waals surface area contributed by atoms with Crippen molar-refractivity contribution in [2.75, 3.05) is 19.6 Å². The Morgan fingerprint density at radius 1 is 0.938 bits per heavy atom. The monoisotopic (exact) mass is 476 g/mol. The van der Waals surface area contributed by atoms with Gasteiger partial charge in [-0.1, -0.05) is 53.0 Å². The van der Waals surface area contributed by atoms with Gasteiger partial charge in [0.25, 0.3) is 0 Å². The standard InChI is InChI=1S/C25H30Cl2N2O3/c1-16-8-20(10-21(9-16)13-25(31)32)6-7-29-17(2)14-28(15-18(29)3)24(30)12-19-4-5-22(26)23(27)11-19/h4-5,8-11,17-18H,6-7,12-15H2,1-3H3,(H,31,32)/t17-,18+. The van der Waals surface area contributed by atoms with Crippen LogP contribution in [0.1, 0.15) is 36.1 Å². The third-order valence-electron chi connectivity index (χ3n) is 6.00. The topological polar surface area (TPSA) is 60.9 Å². The highest BCUT2D eigenvalue weighted by Crippen LogP contribution is 2.24. The number of hydrogen-bond donors (Lipinski definition) is 1. The fraction of sp³-hybridized carbons (Fsp3) is 0.440. The molecule has 1 heterocycles. The largest absolute Gasteiger partial charge is 0.481 e. The molecule has 0 aliphatic carbocycles. The molecule has 2 atom stereocenters. The van der Waals surface area contributed by atoms with Gasteiger partial charge in [-0.25, -0.2) is 0 Å². The Morgan fingerprint density at radius 2 is 1.59 bits per heavy atom. The lowest BCUT2D eigenvalue weighted by atomic mass is 10.0. The van der Waals surface area contributed by atoms with Crippen LogP contribution in [0.5, 0.6) is 0 Å². The summed E-state index contributed by atoms with van der Waals surface area (Å²) in [6.45, 7) is 8.54. The van der Waals surface area contributed by atoms with E-state index < -0.39 is 5.97 Å². The van der Waals surface area contributed by atoms with Crippen LogP contribution in [-0.2, 0) is 28.9 Å². The number of carbonyl (C=O) groups excluding carboxylic acids is 1. The Labute approximate surface area is 199 Å². The maximum absolute atomic E-state index is 12.9. The Kier molecular flexibility index (Phi) is 8.21. The van der Waals surface area contributed by atoms with E-state index in [1.165, 1.54) is 0 Å². The molecule has 1 N–H and O–H groups in total. The average Bonchev–Trinajstić information content (AvgIpc) is 2.69. The minimum atomic E-state index is -0.814. The predicted molar refractivity (Wildman–Crippen MR) is 129 cm³/mol. The molecule has 0 spiro atoms. The highest BCUT2D eigenvalue weighted by atomic mass is 35.5. The number of nitrogens with zero attached hydrogens (tertiary/aromatic N) is 2. The second kappa shape index (κ2) is 10.7. The number of carboxylic acid groups (broad SMARTS) is 1. The van der Waals surface area contributed by atoms with Crippen LogP contribution in [0.2, 0.25) is 10.0 Å². The molecule has 0 aromatic heterocycles. The lowest BCUT2D eigenvalue weighted by molar-refractivity contribution is -0.136. The van der Waals surface area contributed by atoms with Crippen molar-refractivity contribution in [2.24, 2.45) is 0 Å². The highest BCUT2D eigenvalue weighted by Gasteiger charge is 2.31. The third kappa shape index (κ3) is 6.47. The number of piperazine rings is 1. The highest BCUT2D eigenvalue weighted by molar-refractivity contribution is 6.42. The fourth-order valence-electron chi connectivity index (χ4n) is 4.56. The SMILES string of the molecule is Cc1cc(CCN2[C@H](C)CN(C(=O)Cc3ccc(Cl)c(Cl)c3)C[C@@H]2C)cc(CC(=O)O)c1. The van der Waals surface area contributed by atoms with Crippen LogP contribution in [0.4, 0.5) is 0 Å². The molecule has 1 aliphatic rings. The van der Waals surface area contributed by atoms with Crippen molar-refractivity contribution in [3.63, 3.8) is 0 Å². The smallest absolute Gasteiger partial charge is 0.307 e. The van der Waals surface area contributed by atoms with E-state index in [1.54, 1.807) is 12.1 Å². The molecular weight excluding hydrogens is 447 g/mol. The molecule has 7 heteroatoms. The maximum Gasteiger partial charge on any atom is 0.307 e. The van der Waals surface area contributed by atoms with Gasteiger partial charge in [0.1, 0.15) is 0 Å². The van der Waals surface area contributed by atoms with Crippen molar-refractivity contribution in [2.45, 2.75) is 52.1 Å². The predicted octanol–water partition coefficient (Wildman–Crippen LogP) is 4.64. The van der Waals surface area contributed by atoms with E-state index in [1.807, 2.05) is 30.0 Å². The van der Waals surface area contributed by atoms with Gasteiger partial charge in [-0.2, -0.15) is 0 Å². The van der Waals surface area contributed by atoms with Crippen LogP contribution in [-0.4, -0.2) is 58.5 Å². The minimum Gasteiger partial charge on any atom is -0.481 e. The quantitative estimate of drug-likeness (QED) is 0.632. The number of aryl methyl sites for hydroxylation is 1. The van der Waals surface area contributed by atoms with E-state index in [9.17, 15) is 9.59 Å². The third-order valence-corrected chi connectivity index (χ3v) is 6.74. The molecule has 2 aromatic carbocycles. The molecule has 0 unspecified atom stereocenters. The molecule has 0 saturated carbocycles. The van der Waals surface area contributed by atoms with Crippen LogP contribution in [0.25, 0.3) is 0 Å². The van der Waals surface area contributed by atoms with Crippen LogP contribution in [0.15, 0.2) is 36.4 Å². The molecule has 5 nitrogen and oxygen atoms in total. The summed E-state index contributed by atoms with van der Waals surface area (Å²) in [6, 6.07) is 11.8. The first-order valence-corrected chi connectivity index (χ1v) is 11.7. The summed E-state index contributed by atoms with van der Waals surface area (Å²) in [5, 5.41) is 10.0. The molecule has 2 aromatic rings. The number of rotatable bonds is 7. The second-order valence-electron chi connectivity index (χ2n) is 8.81. The molecule has 0 bridgehead atoms. The van der Waals surface area contributed by atoms with Crippen LogP contribution in [0, 0.1) is 6.92 Å². The summed E-state index contributed by atoms with van der Waals surface area (Å²) in [7, 11) is 0. The summed E-state index contributed by atoms with van der Waals surface area (Å²) in [4.78, 5) is 28.3. The Morgan fingerprint density at radius 3 is 2.22 bits per heavy atom. The lowest BCUT2D eigenvalue weighted by Crippen LogP contribution is -2.58. The van der Waals surface area contributed by atoms with E-state index in [2.05, 4.69) is 24.8 Å². The molecule has 1 saturated heterocycles. The number of hydrogen-bond acceptors (Lipinski definition) is 3. The first kappa shape index (κ1) is 24.6. The summed E-state index contributed by atoms with van der Waals surface area (Å²) in [5.41, 5.74) is 3.94. The van der Waals surface area contributed by atoms with Crippen molar-refractivity contribution in [1.82, 2.24) is 9.80 Å². The van der Waals surface area contributed by atoms with Crippen molar-refractivity contribution < 1.29 is 14.7 Å². The summed E-state index contributed by atoms with van der Waals surface area (Å²) in [5.74, 6) is -0.718. The number of amides is 1. The van der Waals surface area contributed by atoms with Crippen molar-refractivity contribution >= 4 is 35.1 Å². The number of carboxylic acids is 1. The zero-order valence-corrected chi connectivity index (χ0v) is 20.3. The van der Waals surface area contributed by atoms with Gasteiger partial charge in [-0.15, -0.1) is 0 Å². The Bertz CT molecular complexity index is 983. The molecule has 0 radical (unpaired) electrons. The molecule has 3 rings (SSSR count). The summed E-state index contributed by atoms with van der Waals surface area (Å²) >= 11 is 12.1. The fourth-order valence-corrected chi connectivity index (χ4v) is 4.88. The van der Waals surface area contributed by atoms with Gasteiger partial charge in [0, 0.05) is 31.7 Å². The van der Waals surface area contributed by atoms with Crippen molar-refractivity contribution in [3.8, 4) is 0 Å². The van der Waals surface area contributed by atoms with Gasteiger partial charge >= 0.3 is 5.97 Å². The van der Waals surface area contributed by atoms with E-state index in [-0.39, 0.29) is 24.4 Å². The van der Waals surface area contributed by atoms with E-state index in [4.69, 9.17) is 28.3 Å². The van der Waals surface area contributed by atoms with Gasteiger partial charge in [-0.3, -0.25) is 14.5 Å². The molecule has 172 valence electrons. The van der Waals surface area contributed by atoms with Crippen LogP contribution in [0.3, 0.4) is 0 Å².